The van der Waals surface area contributed by atoms with Crippen LogP contribution in [0.5, 0.6) is 0 Å². The van der Waals surface area contributed by atoms with E-state index in [1.54, 1.807) is 18.3 Å². The zero-order chi connectivity index (χ0) is 20.5. The fourth-order valence-corrected chi connectivity index (χ4v) is 5.21. The molecule has 29 heavy (non-hydrogen) atoms. The summed E-state index contributed by atoms with van der Waals surface area (Å²) < 4.78 is 13.2. The Labute approximate surface area is 177 Å². The number of nitrogens with one attached hydrogen (secondary N) is 1. The Bertz CT molecular complexity index is 943. The van der Waals surface area contributed by atoms with Crippen molar-refractivity contribution in [3.05, 3.63) is 39.6 Å². The van der Waals surface area contributed by atoms with Crippen molar-refractivity contribution in [3.8, 4) is 0 Å². The number of hydrogen-bond donors (Lipinski definition) is 1. The van der Waals surface area contributed by atoms with Crippen LogP contribution in [0.2, 0.25) is 5.02 Å². The molecule has 1 aliphatic heterocycles. The normalized spacial score (nSPS) is 19.1. The van der Waals surface area contributed by atoms with Crippen LogP contribution in [0.3, 0.4) is 0 Å². The molecule has 154 valence electrons. The van der Waals surface area contributed by atoms with Gasteiger partial charge in [0.15, 0.2) is 5.13 Å². The molecular weight excluding hydrogens is 415 g/mol. The molecule has 1 atom stereocenters. The molecular formula is C20H22ClFN4O2S. The molecule has 1 aromatic heterocycles. The molecule has 1 saturated heterocycles. The zero-order valence-corrected chi connectivity index (χ0v) is 17.7. The van der Waals surface area contributed by atoms with E-state index < -0.39 is 5.82 Å². The second-order valence-corrected chi connectivity index (χ2v) is 8.88. The molecule has 1 unspecified atom stereocenters. The molecule has 0 saturated carbocycles. The number of nitrogens with zero attached hydrogens (tertiary/aromatic N) is 3. The number of anilines is 2. The van der Waals surface area contributed by atoms with Crippen molar-refractivity contribution in [2.75, 3.05) is 36.4 Å². The molecule has 0 spiro atoms. The number of aryl methyl sites for hydroxylation is 1. The van der Waals surface area contributed by atoms with Crippen molar-refractivity contribution in [3.63, 3.8) is 0 Å². The summed E-state index contributed by atoms with van der Waals surface area (Å²) in [6.07, 6.45) is 2.12. The minimum absolute atomic E-state index is 0.103. The number of amides is 2. The van der Waals surface area contributed by atoms with E-state index in [1.807, 2.05) is 4.90 Å². The molecule has 1 fully saturated rings. The van der Waals surface area contributed by atoms with Crippen molar-refractivity contribution < 1.29 is 14.0 Å². The molecule has 4 rings (SSSR count). The van der Waals surface area contributed by atoms with Gasteiger partial charge in [-0.25, -0.2) is 9.37 Å². The van der Waals surface area contributed by atoms with Crippen LogP contribution in [0, 0.1) is 11.7 Å². The molecule has 2 amide bonds. The number of benzene rings is 1. The Morgan fingerprint density at radius 1 is 1.28 bits per heavy atom. The number of aromatic nitrogens is 1. The molecule has 2 aromatic rings. The third-order valence-electron chi connectivity index (χ3n) is 5.48. The average molecular weight is 437 g/mol. The van der Waals surface area contributed by atoms with Gasteiger partial charge in [-0.15, -0.1) is 11.3 Å². The van der Waals surface area contributed by atoms with Gasteiger partial charge in [0, 0.05) is 43.9 Å². The van der Waals surface area contributed by atoms with E-state index in [4.69, 9.17) is 16.6 Å². The van der Waals surface area contributed by atoms with E-state index in [1.165, 1.54) is 18.2 Å². The lowest BCUT2D eigenvalue weighted by molar-refractivity contribution is -0.129. The van der Waals surface area contributed by atoms with E-state index >= 15 is 0 Å². The highest BCUT2D eigenvalue weighted by Gasteiger charge is 2.29. The Hall–Kier alpha value is -2.19. The molecule has 0 radical (unpaired) electrons. The second-order valence-electron chi connectivity index (χ2n) is 7.41. The van der Waals surface area contributed by atoms with Gasteiger partial charge in [0.1, 0.15) is 5.82 Å². The molecule has 2 aliphatic rings. The van der Waals surface area contributed by atoms with Crippen LogP contribution in [-0.4, -0.2) is 47.9 Å². The maximum atomic E-state index is 13.2. The standard InChI is InChI=1S/C20H22ClFN4O2S/c1-12(27)25-6-8-26(9-7-25)20-24-17-4-2-13(10-18(17)29-20)19(28)23-16-5-3-14(22)11-15(16)21/h3,5,11,13H,2,4,6-10H2,1H3,(H,23,28). The van der Waals surface area contributed by atoms with Gasteiger partial charge in [0.05, 0.1) is 16.4 Å². The van der Waals surface area contributed by atoms with Crippen LogP contribution in [0.4, 0.5) is 15.2 Å². The predicted octanol–water partition coefficient (Wildman–Crippen LogP) is 3.35. The first-order valence-corrected chi connectivity index (χ1v) is 10.8. The highest BCUT2D eigenvalue weighted by atomic mass is 35.5. The Morgan fingerprint density at radius 3 is 2.72 bits per heavy atom. The quantitative estimate of drug-likeness (QED) is 0.801. The maximum absolute atomic E-state index is 13.2. The summed E-state index contributed by atoms with van der Waals surface area (Å²) in [5.74, 6) is -0.588. The first-order chi connectivity index (χ1) is 13.9. The molecule has 9 heteroatoms. The first kappa shape index (κ1) is 20.1. The van der Waals surface area contributed by atoms with Gasteiger partial charge < -0.3 is 15.1 Å². The third-order valence-corrected chi connectivity index (χ3v) is 6.98. The molecule has 1 N–H and O–H groups in total. The summed E-state index contributed by atoms with van der Waals surface area (Å²) >= 11 is 7.66. The Morgan fingerprint density at radius 2 is 2.03 bits per heavy atom. The zero-order valence-electron chi connectivity index (χ0n) is 16.1. The fourth-order valence-electron chi connectivity index (χ4n) is 3.76. The fraction of sp³-hybridized carbons (Fsp3) is 0.450. The summed E-state index contributed by atoms with van der Waals surface area (Å²) in [6, 6.07) is 3.95. The lowest BCUT2D eigenvalue weighted by atomic mass is 9.90. The number of fused-ring (bicyclic) bond motifs is 1. The Kier molecular flexibility index (Phi) is 5.74. The SMILES string of the molecule is CC(=O)N1CCN(c2nc3c(s2)CC(C(=O)Nc2ccc(F)cc2Cl)CC3)CC1. The molecule has 1 aliphatic carbocycles. The second kappa shape index (κ2) is 8.28. The molecule has 0 bridgehead atoms. The van der Waals surface area contributed by atoms with Gasteiger partial charge >= 0.3 is 0 Å². The summed E-state index contributed by atoms with van der Waals surface area (Å²) in [4.78, 5) is 34.2. The number of thiazole rings is 1. The van der Waals surface area contributed by atoms with E-state index in [-0.39, 0.29) is 22.8 Å². The number of halogens is 2. The number of carbonyl (C=O) groups is 2. The summed E-state index contributed by atoms with van der Waals surface area (Å²) in [6.45, 7) is 4.58. The van der Waals surface area contributed by atoms with Crippen LogP contribution in [-0.2, 0) is 22.4 Å². The average Bonchev–Trinajstić information content (AvgIpc) is 3.13. The number of piperazine rings is 1. The minimum Gasteiger partial charge on any atom is -0.345 e. The minimum atomic E-state index is -0.434. The van der Waals surface area contributed by atoms with Gasteiger partial charge in [-0.05, 0) is 37.5 Å². The van der Waals surface area contributed by atoms with Crippen molar-refractivity contribution in [1.29, 1.82) is 0 Å². The largest absolute Gasteiger partial charge is 0.345 e. The summed E-state index contributed by atoms with van der Waals surface area (Å²) in [5.41, 5.74) is 1.50. The van der Waals surface area contributed by atoms with Crippen LogP contribution in [0.25, 0.3) is 0 Å². The van der Waals surface area contributed by atoms with Gasteiger partial charge in [-0.2, -0.15) is 0 Å². The molecule has 1 aromatic carbocycles. The van der Waals surface area contributed by atoms with Gasteiger partial charge in [0.25, 0.3) is 0 Å². The molecule has 2 heterocycles. The smallest absolute Gasteiger partial charge is 0.227 e. The summed E-state index contributed by atoms with van der Waals surface area (Å²) in [7, 11) is 0. The van der Waals surface area contributed by atoms with Crippen molar-refractivity contribution in [2.45, 2.75) is 26.2 Å². The summed E-state index contributed by atoms with van der Waals surface area (Å²) in [5, 5.41) is 3.99. The number of carbonyl (C=O) groups excluding carboxylic acids is 2. The number of hydrogen-bond acceptors (Lipinski definition) is 5. The van der Waals surface area contributed by atoms with Gasteiger partial charge in [0.2, 0.25) is 11.8 Å². The highest BCUT2D eigenvalue weighted by molar-refractivity contribution is 7.15. The van der Waals surface area contributed by atoms with Crippen LogP contribution < -0.4 is 10.2 Å². The van der Waals surface area contributed by atoms with E-state index in [0.29, 0.717) is 25.2 Å². The van der Waals surface area contributed by atoms with Crippen molar-refractivity contribution >= 4 is 45.6 Å². The third kappa shape index (κ3) is 4.38. The number of rotatable bonds is 3. The lowest BCUT2D eigenvalue weighted by Crippen LogP contribution is -2.48. The van der Waals surface area contributed by atoms with Crippen LogP contribution in [0.15, 0.2) is 18.2 Å². The van der Waals surface area contributed by atoms with E-state index in [0.717, 1.165) is 41.6 Å². The molecule has 6 nitrogen and oxygen atoms in total. The van der Waals surface area contributed by atoms with Gasteiger partial charge in [-0.3, -0.25) is 9.59 Å². The van der Waals surface area contributed by atoms with Crippen LogP contribution >= 0.6 is 22.9 Å². The van der Waals surface area contributed by atoms with E-state index in [2.05, 4.69) is 10.2 Å². The van der Waals surface area contributed by atoms with Gasteiger partial charge in [-0.1, -0.05) is 11.6 Å². The predicted molar refractivity (Wildman–Crippen MR) is 112 cm³/mol. The lowest BCUT2D eigenvalue weighted by Gasteiger charge is -2.33. The monoisotopic (exact) mass is 436 g/mol. The maximum Gasteiger partial charge on any atom is 0.227 e. The van der Waals surface area contributed by atoms with Crippen molar-refractivity contribution in [2.24, 2.45) is 5.92 Å². The van der Waals surface area contributed by atoms with Crippen LogP contribution in [0.1, 0.15) is 23.9 Å². The van der Waals surface area contributed by atoms with Crippen molar-refractivity contribution in [1.82, 2.24) is 9.88 Å². The Balaban J connectivity index is 1.40. The topological polar surface area (TPSA) is 65.5 Å². The highest BCUT2D eigenvalue weighted by Crippen LogP contribution is 2.35. The first-order valence-electron chi connectivity index (χ1n) is 9.65. The van der Waals surface area contributed by atoms with E-state index in [9.17, 15) is 14.0 Å².